The van der Waals surface area contributed by atoms with E-state index in [9.17, 15) is 13.2 Å². The van der Waals surface area contributed by atoms with Gasteiger partial charge in [-0.05, 0) is 67.3 Å². The zero-order chi connectivity index (χ0) is 23.2. The first-order valence-electron chi connectivity index (χ1n) is 12.1. The molecule has 1 aliphatic carbocycles. The molecule has 0 atom stereocenters. The summed E-state index contributed by atoms with van der Waals surface area (Å²) in [6.45, 7) is 3.13. The molecule has 2 fully saturated rings. The van der Waals surface area contributed by atoms with Crippen molar-refractivity contribution in [3.63, 3.8) is 0 Å². The number of benzene rings is 2. The molecule has 1 saturated heterocycles. The van der Waals surface area contributed by atoms with Crippen LogP contribution in [0, 0.1) is 17.7 Å². The Morgan fingerprint density at radius 2 is 1.67 bits per heavy atom. The predicted octanol–water partition coefficient (Wildman–Crippen LogP) is 7.20. The van der Waals surface area contributed by atoms with Crippen molar-refractivity contribution >= 4 is 0 Å². The van der Waals surface area contributed by atoms with E-state index in [-0.39, 0.29) is 12.1 Å². The lowest BCUT2D eigenvalue weighted by molar-refractivity contribution is -0.229. The molecule has 180 valence electrons. The molecule has 1 heterocycles. The van der Waals surface area contributed by atoms with Crippen LogP contribution in [0.25, 0.3) is 11.1 Å². The maximum absolute atomic E-state index is 14.9. The highest BCUT2D eigenvalue weighted by atomic mass is 19.3. The van der Waals surface area contributed by atoms with Gasteiger partial charge in [0.25, 0.3) is 6.43 Å². The molecule has 1 saturated carbocycles. The summed E-state index contributed by atoms with van der Waals surface area (Å²) in [6.07, 6.45) is 3.74. The monoisotopic (exact) mass is 462 g/mol. The Morgan fingerprint density at radius 3 is 2.27 bits per heavy atom. The van der Waals surface area contributed by atoms with Crippen molar-refractivity contribution in [2.24, 2.45) is 11.8 Å². The van der Waals surface area contributed by atoms with Crippen LogP contribution in [0.1, 0.15) is 56.9 Å². The van der Waals surface area contributed by atoms with Crippen molar-refractivity contribution in [1.29, 1.82) is 0 Å². The van der Waals surface area contributed by atoms with Gasteiger partial charge in [0, 0.05) is 17.4 Å². The standard InChI is InChI=1S/C27H33F3O3/c1-2-3-18-15-32-27(33-16-18)21-6-4-19(5-7-21)22-10-13-24(25(28)14-22)20-8-11-23(12-9-20)31-17-26(29)30/h8-14,18-19,21,26-27H,2-7,15-17H2,1H3. The molecule has 0 bridgehead atoms. The Hall–Kier alpha value is -2.05. The summed E-state index contributed by atoms with van der Waals surface area (Å²) in [5.74, 6) is 1.35. The van der Waals surface area contributed by atoms with E-state index in [2.05, 4.69) is 6.92 Å². The molecular weight excluding hydrogens is 429 g/mol. The summed E-state index contributed by atoms with van der Waals surface area (Å²) >= 11 is 0. The van der Waals surface area contributed by atoms with Crippen LogP contribution in [0.3, 0.4) is 0 Å². The molecule has 0 amide bonds. The molecule has 33 heavy (non-hydrogen) atoms. The van der Waals surface area contributed by atoms with Crippen LogP contribution in [0.5, 0.6) is 5.75 Å². The first kappa shape index (κ1) is 24.1. The fraction of sp³-hybridized carbons (Fsp3) is 0.556. The predicted molar refractivity (Wildman–Crippen MR) is 122 cm³/mol. The van der Waals surface area contributed by atoms with Gasteiger partial charge >= 0.3 is 0 Å². The Bertz CT molecular complexity index is 871. The van der Waals surface area contributed by atoms with E-state index in [0.29, 0.717) is 34.6 Å². The van der Waals surface area contributed by atoms with Gasteiger partial charge in [-0.1, -0.05) is 37.6 Å². The van der Waals surface area contributed by atoms with Crippen molar-refractivity contribution in [1.82, 2.24) is 0 Å². The van der Waals surface area contributed by atoms with Gasteiger partial charge in [0.05, 0.1) is 13.2 Å². The minimum Gasteiger partial charge on any atom is -0.488 e. The summed E-state index contributed by atoms with van der Waals surface area (Å²) < 4.78 is 56.5. The van der Waals surface area contributed by atoms with Crippen LogP contribution in [-0.4, -0.2) is 32.5 Å². The summed E-state index contributed by atoms with van der Waals surface area (Å²) in [5, 5.41) is 0. The lowest BCUT2D eigenvalue weighted by Gasteiger charge is -2.37. The quantitative estimate of drug-likeness (QED) is 0.415. The molecule has 0 radical (unpaired) electrons. The highest BCUT2D eigenvalue weighted by Gasteiger charge is 2.32. The number of ether oxygens (including phenoxy) is 3. The van der Waals surface area contributed by atoms with Gasteiger partial charge in [-0.3, -0.25) is 0 Å². The number of alkyl halides is 2. The minimum atomic E-state index is -2.52. The molecule has 6 heteroatoms. The first-order valence-corrected chi connectivity index (χ1v) is 12.1. The molecule has 2 aliphatic rings. The van der Waals surface area contributed by atoms with Gasteiger partial charge in [-0.2, -0.15) is 0 Å². The summed E-state index contributed by atoms with van der Waals surface area (Å²) in [5.41, 5.74) is 2.22. The zero-order valence-electron chi connectivity index (χ0n) is 19.2. The molecule has 0 spiro atoms. The van der Waals surface area contributed by atoms with Gasteiger partial charge < -0.3 is 14.2 Å². The van der Waals surface area contributed by atoms with Crippen LogP contribution in [0.4, 0.5) is 13.2 Å². The van der Waals surface area contributed by atoms with Crippen molar-refractivity contribution < 1.29 is 27.4 Å². The Morgan fingerprint density at radius 1 is 0.970 bits per heavy atom. The summed E-state index contributed by atoms with van der Waals surface area (Å²) in [7, 11) is 0. The molecule has 4 rings (SSSR count). The van der Waals surface area contributed by atoms with Crippen molar-refractivity contribution in [2.45, 2.75) is 64.1 Å². The maximum atomic E-state index is 14.9. The lowest BCUT2D eigenvalue weighted by atomic mass is 9.78. The van der Waals surface area contributed by atoms with Gasteiger partial charge in [0.2, 0.25) is 0 Å². The SMILES string of the molecule is CCCC1COC(C2CCC(c3ccc(-c4ccc(OCC(F)F)cc4)c(F)c3)CC2)OC1. The molecular formula is C27H33F3O3. The average molecular weight is 463 g/mol. The minimum absolute atomic E-state index is 0.0918. The summed E-state index contributed by atoms with van der Waals surface area (Å²) in [6, 6.07) is 12.0. The van der Waals surface area contributed by atoms with Gasteiger partial charge in [0.15, 0.2) is 6.29 Å². The fourth-order valence-corrected chi connectivity index (χ4v) is 5.04. The highest BCUT2D eigenvalue weighted by molar-refractivity contribution is 5.65. The molecule has 1 aliphatic heterocycles. The van der Waals surface area contributed by atoms with Crippen LogP contribution < -0.4 is 4.74 Å². The van der Waals surface area contributed by atoms with E-state index < -0.39 is 13.0 Å². The van der Waals surface area contributed by atoms with Gasteiger partial charge in [0.1, 0.15) is 18.2 Å². The van der Waals surface area contributed by atoms with Gasteiger partial charge in [-0.15, -0.1) is 0 Å². The molecule has 0 unspecified atom stereocenters. The van der Waals surface area contributed by atoms with E-state index in [0.717, 1.165) is 57.3 Å². The number of rotatable bonds is 8. The van der Waals surface area contributed by atoms with E-state index >= 15 is 0 Å². The molecule has 2 aromatic carbocycles. The van der Waals surface area contributed by atoms with Gasteiger partial charge in [-0.25, -0.2) is 13.2 Å². The third-order valence-electron chi connectivity index (χ3n) is 6.85. The van der Waals surface area contributed by atoms with E-state index in [1.54, 1.807) is 30.3 Å². The van der Waals surface area contributed by atoms with Crippen molar-refractivity contribution in [3.8, 4) is 16.9 Å². The smallest absolute Gasteiger partial charge is 0.272 e. The third-order valence-corrected chi connectivity index (χ3v) is 6.85. The zero-order valence-corrected chi connectivity index (χ0v) is 19.2. The first-order chi connectivity index (χ1) is 16.0. The van der Waals surface area contributed by atoms with Crippen LogP contribution in [0.15, 0.2) is 42.5 Å². The Kier molecular flexibility index (Phi) is 8.31. The second-order valence-electron chi connectivity index (χ2n) is 9.27. The van der Waals surface area contributed by atoms with Crippen LogP contribution in [0.2, 0.25) is 0 Å². The fourth-order valence-electron chi connectivity index (χ4n) is 5.04. The van der Waals surface area contributed by atoms with E-state index in [1.165, 1.54) is 0 Å². The lowest BCUT2D eigenvalue weighted by Crippen LogP contribution is -2.38. The maximum Gasteiger partial charge on any atom is 0.272 e. The third kappa shape index (κ3) is 6.30. The molecule has 0 aromatic heterocycles. The van der Waals surface area contributed by atoms with Crippen molar-refractivity contribution in [3.05, 3.63) is 53.8 Å². The van der Waals surface area contributed by atoms with E-state index in [4.69, 9.17) is 14.2 Å². The second-order valence-corrected chi connectivity index (χ2v) is 9.27. The Balaban J connectivity index is 1.31. The Labute approximate surface area is 194 Å². The second kappa shape index (κ2) is 11.4. The number of hydrogen-bond acceptors (Lipinski definition) is 3. The number of hydrogen-bond donors (Lipinski definition) is 0. The molecule has 2 aromatic rings. The average Bonchev–Trinajstić information content (AvgIpc) is 2.84. The number of halogens is 3. The molecule has 0 N–H and O–H groups in total. The largest absolute Gasteiger partial charge is 0.488 e. The summed E-state index contributed by atoms with van der Waals surface area (Å²) in [4.78, 5) is 0. The molecule has 3 nitrogen and oxygen atoms in total. The van der Waals surface area contributed by atoms with Crippen LogP contribution >= 0.6 is 0 Å². The van der Waals surface area contributed by atoms with Crippen LogP contribution in [-0.2, 0) is 9.47 Å². The topological polar surface area (TPSA) is 27.7 Å². The highest BCUT2D eigenvalue weighted by Crippen LogP contribution is 2.40. The normalized spacial score (nSPS) is 25.8. The van der Waals surface area contributed by atoms with E-state index in [1.807, 2.05) is 12.1 Å². The van der Waals surface area contributed by atoms with Crippen molar-refractivity contribution in [2.75, 3.05) is 19.8 Å².